The summed E-state index contributed by atoms with van der Waals surface area (Å²) in [4.78, 5) is 0. The van der Waals surface area contributed by atoms with E-state index in [4.69, 9.17) is 4.42 Å². The average molecular weight is 332 g/mol. The maximum atomic E-state index is 5.91. The molecule has 0 bridgehead atoms. The Hall–Kier alpha value is -1.58. The van der Waals surface area contributed by atoms with Gasteiger partial charge in [-0.1, -0.05) is 0 Å². The molecule has 1 saturated carbocycles. The van der Waals surface area contributed by atoms with E-state index in [1.165, 1.54) is 6.42 Å². The molecule has 1 N–H and O–H groups in total. The van der Waals surface area contributed by atoms with Gasteiger partial charge in [-0.05, 0) is 0 Å². The first kappa shape index (κ1) is 12.2. The molecule has 2 unspecified atom stereocenters. The van der Waals surface area contributed by atoms with Crippen molar-refractivity contribution in [3.8, 4) is 0 Å². The summed E-state index contributed by atoms with van der Waals surface area (Å²) in [7, 11) is 0. The number of aromatic nitrogens is 2. The molecule has 20 heavy (non-hydrogen) atoms. The van der Waals surface area contributed by atoms with E-state index in [1.807, 2.05) is 18.2 Å². The standard InChI is InChI=1S/C15H15N3OSe/c1-9-7-11(9)14-6-5-10(19-14)8-16-12-3-2-4-13-15(12)18-20-17-13/h2-6,9,11,16H,7-8H2,1H3. The number of hydrogen-bond acceptors (Lipinski definition) is 4. The Balaban J connectivity index is 1.50. The van der Waals surface area contributed by atoms with Gasteiger partial charge >= 0.3 is 123 Å². The van der Waals surface area contributed by atoms with Crippen LogP contribution in [0.5, 0.6) is 0 Å². The van der Waals surface area contributed by atoms with Crippen molar-refractivity contribution in [2.45, 2.75) is 25.8 Å². The van der Waals surface area contributed by atoms with Crippen LogP contribution < -0.4 is 5.32 Å². The number of furan rings is 1. The van der Waals surface area contributed by atoms with E-state index in [1.54, 1.807) is 0 Å². The third-order valence-corrected chi connectivity index (χ3v) is 5.03. The van der Waals surface area contributed by atoms with Crippen LogP contribution >= 0.6 is 0 Å². The Morgan fingerprint density at radius 2 is 2.20 bits per heavy atom. The molecule has 4 nitrogen and oxygen atoms in total. The van der Waals surface area contributed by atoms with Gasteiger partial charge in [-0.25, -0.2) is 0 Å². The molecule has 2 heterocycles. The van der Waals surface area contributed by atoms with E-state index in [0.29, 0.717) is 12.5 Å². The van der Waals surface area contributed by atoms with Gasteiger partial charge in [0, 0.05) is 0 Å². The van der Waals surface area contributed by atoms with Crippen LogP contribution in [0, 0.1) is 5.92 Å². The zero-order valence-electron chi connectivity index (χ0n) is 11.2. The Labute approximate surface area is 123 Å². The van der Waals surface area contributed by atoms with Crippen LogP contribution in [0.2, 0.25) is 0 Å². The summed E-state index contributed by atoms with van der Waals surface area (Å²) in [5, 5.41) is 3.41. The molecule has 1 aromatic carbocycles. The predicted molar refractivity (Wildman–Crippen MR) is 79.0 cm³/mol. The molecule has 1 aliphatic rings. The minimum absolute atomic E-state index is 0.0140. The quantitative estimate of drug-likeness (QED) is 0.746. The average Bonchev–Trinajstić information content (AvgIpc) is 2.91. The van der Waals surface area contributed by atoms with Crippen LogP contribution in [-0.4, -0.2) is 22.9 Å². The Morgan fingerprint density at radius 3 is 3.05 bits per heavy atom. The third kappa shape index (κ3) is 2.17. The van der Waals surface area contributed by atoms with Gasteiger partial charge in [-0.3, -0.25) is 0 Å². The van der Waals surface area contributed by atoms with Crippen molar-refractivity contribution in [3.63, 3.8) is 0 Å². The molecule has 2 atom stereocenters. The van der Waals surface area contributed by atoms with Crippen LogP contribution in [0.3, 0.4) is 0 Å². The van der Waals surface area contributed by atoms with Gasteiger partial charge < -0.3 is 0 Å². The van der Waals surface area contributed by atoms with E-state index < -0.39 is 0 Å². The molecule has 3 aromatic rings. The summed E-state index contributed by atoms with van der Waals surface area (Å²) < 4.78 is 14.8. The van der Waals surface area contributed by atoms with Gasteiger partial charge in [-0.15, -0.1) is 0 Å². The van der Waals surface area contributed by atoms with E-state index in [0.717, 1.165) is 34.2 Å². The molecule has 0 radical (unpaired) electrons. The number of nitrogens with zero attached hydrogens (tertiary/aromatic N) is 2. The van der Waals surface area contributed by atoms with E-state index in [-0.39, 0.29) is 15.0 Å². The molecule has 1 fully saturated rings. The van der Waals surface area contributed by atoms with E-state index >= 15 is 0 Å². The molecule has 2 aromatic heterocycles. The van der Waals surface area contributed by atoms with Crippen molar-refractivity contribution in [2.24, 2.45) is 5.92 Å². The fraction of sp³-hybridized carbons (Fsp3) is 0.333. The number of fused-ring (bicyclic) bond motifs is 1. The number of rotatable bonds is 4. The molecular weight excluding hydrogens is 317 g/mol. The fourth-order valence-corrected chi connectivity index (χ4v) is 3.69. The first-order valence-corrected chi connectivity index (χ1v) is 8.38. The van der Waals surface area contributed by atoms with Gasteiger partial charge in [0.05, 0.1) is 0 Å². The van der Waals surface area contributed by atoms with Crippen molar-refractivity contribution in [3.05, 3.63) is 41.9 Å². The zero-order valence-corrected chi connectivity index (χ0v) is 12.9. The van der Waals surface area contributed by atoms with Crippen molar-refractivity contribution >= 4 is 31.7 Å². The van der Waals surface area contributed by atoms with Gasteiger partial charge in [0.25, 0.3) is 0 Å². The van der Waals surface area contributed by atoms with E-state index in [2.05, 4.69) is 32.3 Å². The second-order valence-corrected chi connectivity index (χ2v) is 6.52. The van der Waals surface area contributed by atoms with Gasteiger partial charge in [0.2, 0.25) is 0 Å². The van der Waals surface area contributed by atoms with Gasteiger partial charge in [0.15, 0.2) is 0 Å². The second kappa shape index (κ2) is 4.76. The summed E-state index contributed by atoms with van der Waals surface area (Å²) in [5.74, 6) is 3.54. The summed E-state index contributed by atoms with van der Waals surface area (Å²) in [5.41, 5.74) is 3.04. The molecule has 1 aliphatic carbocycles. The van der Waals surface area contributed by atoms with Crippen LogP contribution in [-0.2, 0) is 6.54 Å². The molecule has 0 spiro atoms. The fourth-order valence-electron chi connectivity index (χ4n) is 2.54. The summed E-state index contributed by atoms with van der Waals surface area (Å²) in [6.45, 7) is 2.96. The van der Waals surface area contributed by atoms with Crippen LogP contribution in [0.4, 0.5) is 5.69 Å². The Morgan fingerprint density at radius 1 is 1.30 bits per heavy atom. The number of benzene rings is 1. The third-order valence-electron chi connectivity index (χ3n) is 3.90. The second-order valence-electron chi connectivity index (χ2n) is 5.41. The predicted octanol–water partition coefficient (Wildman–Crippen LogP) is 3.02. The topological polar surface area (TPSA) is 51.0 Å². The van der Waals surface area contributed by atoms with Gasteiger partial charge in [-0.2, -0.15) is 0 Å². The Kier molecular flexibility index (Phi) is 2.90. The molecule has 0 saturated heterocycles. The zero-order chi connectivity index (χ0) is 13.5. The van der Waals surface area contributed by atoms with Crippen molar-refractivity contribution in [1.82, 2.24) is 7.96 Å². The molecule has 0 amide bonds. The number of hydrogen-bond donors (Lipinski definition) is 1. The molecule has 0 aliphatic heterocycles. The first-order valence-electron chi connectivity index (χ1n) is 6.85. The van der Waals surface area contributed by atoms with Crippen LogP contribution in [0.15, 0.2) is 34.7 Å². The normalized spacial score (nSPS) is 21.2. The van der Waals surface area contributed by atoms with Crippen LogP contribution in [0.25, 0.3) is 11.0 Å². The molecular formula is C15H15N3OSe. The van der Waals surface area contributed by atoms with Crippen molar-refractivity contribution in [2.75, 3.05) is 5.32 Å². The minimum atomic E-state index is 0.0140. The first-order chi connectivity index (χ1) is 9.81. The van der Waals surface area contributed by atoms with Crippen molar-refractivity contribution in [1.29, 1.82) is 0 Å². The molecule has 102 valence electrons. The maximum absolute atomic E-state index is 5.91. The Bertz CT molecular complexity index is 748. The molecule has 4 rings (SSSR count). The van der Waals surface area contributed by atoms with E-state index in [9.17, 15) is 0 Å². The number of nitrogens with one attached hydrogen (secondary N) is 1. The summed E-state index contributed by atoms with van der Waals surface area (Å²) >= 11 is 0.0140. The van der Waals surface area contributed by atoms with Crippen molar-refractivity contribution < 1.29 is 4.42 Å². The monoisotopic (exact) mass is 333 g/mol. The molecule has 5 heteroatoms. The summed E-state index contributed by atoms with van der Waals surface area (Å²) in [6.07, 6.45) is 1.26. The summed E-state index contributed by atoms with van der Waals surface area (Å²) in [6, 6.07) is 10.3. The van der Waals surface area contributed by atoms with Crippen LogP contribution in [0.1, 0.15) is 30.8 Å². The SMILES string of the molecule is CC1CC1c1ccc(CNc2cccc3n[se]nc23)o1. The number of anilines is 1. The van der Waals surface area contributed by atoms with Gasteiger partial charge in [0.1, 0.15) is 0 Å².